The topological polar surface area (TPSA) is 110 Å². The van der Waals surface area contributed by atoms with E-state index in [2.05, 4.69) is 6.92 Å². The molecule has 2 aromatic rings. The van der Waals surface area contributed by atoms with Gasteiger partial charge in [0.25, 0.3) is 0 Å². The Hall–Kier alpha value is -3.68. The number of carboxylic acid groups (broad SMARTS) is 1. The van der Waals surface area contributed by atoms with Crippen LogP contribution in [0.25, 0.3) is 0 Å². The summed E-state index contributed by atoms with van der Waals surface area (Å²) in [6, 6.07) is 15.0. The molecule has 1 amide bonds. The third-order valence-electron chi connectivity index (χ3n) is 6.14. The average molecular weight is 482 g/mol. The van der Waals surface area contributed by atoms with Crippen molar-refractivity contribution in [2.45, 2.75) is 45.8 Å². The number of amides is 1. The predicted molar refractivity (Wildman–Crippen MR) is 128 cm³/mol. The van der Waals surface area contributed by atoms with Crippen LogP contribution in [0.15, 0.2) is 54.6 Å². The highest BCUT2D eigenvalue weighted by molar-refractivity contribution is 6.00. The van der Waals surface area contributed by atoms with Crippen LogP contribution < -0.4 is 0 Å². The molecule has 35 heavy (non-hydrogen) atoms. The van der Waals surface area contributed by atoms with Crippen molar-refractivity contribution in [3.05, 3.63) is 71.3 Å². The van der Waals surface area contributed by atoms with Crippen molar-refractivity contribution in [3.63, 3.8) is 0 Å². The lowest BCUT2D eigenvalue weighted by Crippen LogP contribution is -2.45. The van der Waals surface area contributed by atoms with Gasteiger partial charge in [0.1, 0.15) is 12.6 Å². The van der Waals surface area contributed by atoms with Crippen molar-refractivity contribution in [1.82, 2.24) is 4.90 Å². The van der Waals surface area contributed by atoms with Crippen LogP contribution in [0, 0.1) is 11.8 Å². The number of ether oxygens (including phenoxy) is 2. The van der Waals surface area contributed by atoms with Gasteiger partial charge in [-0.05, 0) is 24.5 Å². The van der Waals surface area contributed by atoms with Gasteiger partial charge in [0.15, 0.2) is 5.78 Å². The molecule has 1 saturated heterocycles. The smallest absolute Gasteiger partial charge is 0.410 e. The molecule has 1 aliphatic rings. The van der Waals surface area contributed by atoms with E-state index < -0.39 is 42.3 Å². The van der Waals surface area contributed by atoms with Crippen LogP contribution in [0.4, 0.5) is 4.79 Å². The van der Waals surface area contributed by atoms with Gasteiger partial charge in [-0.2, -0.15) is 0 Å². The minimum absolute atomic E-state index is 0.0210. The number of esters is 1. The van der Waals surface area contributed by atoms with E-state index in [1.807, 2.05) is 30.3 Å². The van der Waals surface area contributed by atoms with Crippen molar-refractivity contribution < 1.29 is 33.8 Å². The molecule has 0 spiro atoms. The van der Waals surface area contributed by atoms with E-state index in [0.29, 0.717) is 5.56 Å². The molecule has 0 saturated carbocycles. The molecule has 8 heteroatoms. The van der Waals surface area contributed by atoms with E-state index in [0.717, 1.165) is 28.9 Å². The zero-order chi connectivity index (χ0) is 25.4. The number of Topliss-reactive ketones (excluding diaryl/α,β-unsaturated/α-hetero) is 1. The van der Waals surface area contributed by atoms with Crippen LogP contribution >= 0.6 is 0 Å². The number of ketones is 1. The lowest BCUT2D eigenvalue weighted by molar-refractivity contribution is -0.150. The second-order valence-corrected chi connectivity index (χ2v) is 8.57. The van der Waals surface area contributed by atoms with Crippen molar-refractivity contribution in [2.75, 3.05) is 13.2 Å². The Morgan fingerprint density at radius 3 is 2.23 bits per heavy atom. The average Bonchev–Trinajstić information content (AvgIpc) is 3.22. The molecule has 3 atom stereocenters. The third-order valence-corrected chi connectivity index (χ3v) is 6.14. The summed E-state index contributed by atoms with van der Waals surface area (Å²) in [5, 5.41) is 9.55. The molecule has 0 unspecified atom stereocenters. The number of carboxylic acids is 1. The maximum absolute atomic E-state index is 13.5. The Bertz CT molecular complexity index is 1040. The quantitative estimate of drug-likeness (QED) is 0.402. The van der Waals surface area contributed by atoms with Gasteiger partial charge in [0.05, 0.1) is 13.0 Å². The molecule has 0 bridgehead atoms. The van der Waals surface area contributed by atoms with Crippen LogP contribution in [-0.4, -0.2) is 53.0 Å². The molecule has 1 N–H and O–H groups in total. The molecule has 1 aliphatic heterocycles. The molecule has 1 fully saturated rings. The summed E-state index contributed by atoms with van der Waals surface area (Å²) in [5.74, 6) is -4.06. The Kier molecular flexibility index (Phi) is 9.00. The second kappa shape index (κ2) is 12.1. The SMILES string of the molecule is CCCc1ccc(C(=O)[C@H]2CN(C(=O)OCc3ccccc3)[C@H](C(=O)OCC)[C@H]2CC(=O)O)cc1. The van der Waals surface area contributed by atoms with E-state index in [1.165, 1.54) is 0 Å². The molecule has 0 radical (unpaired) electrons. The Morgan fingerprint density at radius 2 is 1.63 bits per heavy atom. The Labute approximate surface area is 204 Å². The van der Waals surface area contributed by atoms with Gasteiger partial charge in [-0.3, -0.25) is 14.5 Å². The highest BCUT2D eigenvalue weighted by Gasteiger charge is 2.52. The summed E-state index contributed by atoms with van der Waals surface area (Å²) in [5.41, 5.74) is 2.26. The number of carbonyl (C=O) groups is 4. The number of carbonyl (C=O) groups excluding carboxylic acids is 3. The van der Waals surface area contributed by atoms with E-state index in [4.69, 9.17) is 9.47 Å². The summed E-state index contributed by atoms with van der Waals surface area (Å²) in [6.07, 6.45) is 0.593. The number of benzene rings is 2. The molecule has 1 heterocycles. The highest BCUT2D eigenvalue weighted by atomic mass is 16.6. The van der Waals surface area contributed by atoms with Gasteiger partial charge in [-0.15, -0.1) is 0 Å². The van der Waals surface area contributed by atoms with Crippen LogP contribution in [-0.2, 0) is 32.1 Å². The fraction of sp³-hybridized carbons (Fsp3) is 0.407. The van der Waals surface area contributed by atoms with E-state index in [-0.39, 0.29) is 25.5 Å². The van der Waals surface area contributed by atoms with Crippen molar-refractivity contribution in [1.29, 1.82) is 0 Å². The van der Waals surface area contributed by atoms with Crippen LogP contribution in [0.5, 0.6) is 0 Å². The largest absolute Gasteiger partial charge is 0.481 e. The second-order valence-electron chi connectivity index (χ2n) is 8.57. The first-order chi connectivity index (χ1) is 16.8. The van der Waals surface area contributed by atoms with Crippen molar-refractivity contribution in [3.8, 4) is 0 Å². The Morgan fingerprint density at radius 1 is 0.943 bits per heavy atom. The van der Waals surface area contributed by atoms with Crippen LogP contribution in [0.3, 0.4) is 0 Å². The zero-order valence-electron chi connectivity index (χ0n) is 20.0. The molecule has 0 aliphatic carbocycles. The molecular weight excluding hydrogens is 450 g/mol. The monoisotopic (exact) mass is 481 g/mol. The Balaban J connectivity index is 1.88. The fourth-order valence-corrected chi connectivity index (χ4v) is 4.50. The summed E-state index contributed by atoms with van der Waals surface area (Å²) in [4.78, 5) is 52.2. The van der Waals surface area contributed by atoms with Gasteiger partial charge in [0, 0.05) is 23.9 Å². The first kappa shape index (κ1) is 25.9. The molecular formula is C27H31NO7. The summed E-state index contributed by atoms with van der Waals surface area (Å²) in [6.45, 7) is 3.59. The standard InChI is InChI=1S/C27H31NO7/c1-3-8-18-11-13-20(14-12-18)25(31)22-16-28(27(33)35-17-19-9-6-5-7-10-19)24(26(32)34-4-2)21(22)15-23(29)30/h5-7,9-14,21-22,24H,3-4,8,15-17H2,1-2H3,(H,29,30)/t21-,22-,24-/m0/s1. The van der Waals surface area contributed by atoms with Crippen LogP contribution in [0.2, 0.25) is 0 Å². The van der Waals surface area contributed by atoms with E-state index in [1.54, 1.807) is 31.2 Å². The number of hydrogen-bond acceptors (Lipinski definition) is 6. The minimum Gasteiger partial charge on any atom is -0.481 e. The van der Waals surface area contributed by atoms with E-state index >= 15 is 0 Å². The van der Waals surface area contributed by atoms with E-state index in [9.17, 15) is 24.3 Å². The maximum Gasteiger partial charge on any atom is 0.410 e. The van der Waals surface area contributed by atoms with Gasteiger partial charge in [0.2, 0.25) is 0 Å². The van der Waals surface area contributed by atoms with Gasteiger partial charge < -0.3 is 14.6 Å². The zero-order valence-corrected chi connectivity index (χ0v) is 20.0. The van der Waals surface area contributed by atoms with Crippen LogP contribution in [0.1, 0.15) is 48.2 Å². The highest BCUT2D eigenvalue weighted by Crippen LogP contribution is 2.36. The predicted octanol–water partition coefficient (Wildman–Crippen LogP) is 4.11. The maximum atomic E-state index is 13.5. The normalized spacial score (nSPS) is 19.3. The first-order valence-electron chi connectivity index (χ1n) is 11.8. The third kappa shape index (κ3) is 6.47. The minimum atomic E-state index is -1.23. The molecule has 186 valence electrons. The van der Waals surface area contributed by atoms with Gasteiger partial charge in [-0.25, -0.2) is 9.59 Å². The number of hydrogen-bond donors (Lipinski definition) is 1. The van der Waals surface area contributed by atoms with Crippen molar-refractivity contribution in [2.24, 2.45) is 11.8 Å². The lowest BCUT2D eigenvalue weighted by atomic mass is 9.82. The fourth-order valence-electron chi connectivity index (χ4n) is 4.50. The summed E-state index contributed by atoms with van der Waals surface area (Å²) < 4.78 is 10.6. The van der Waals surface area contributed by atoms with Crippen molar-refractivity contribution >= 4 is 23.8 Å². The molecule has 3 rings (SSSR count). The van der Waals surface area contributed by atoms with Gasteiger partial charge >= 0.3 is 18.0 Å². The summed E-state index contributed by atoms with van der Waals surface area (Å²) in [7, 11) is 0. The lowest BCUT2D eigenvalue weighted by Gasteiger charge is -2.25. The molecule has 2 aromatic carbocycles. The number of aliphatic carboxylic acids is 1. The number of nitrogens with zero attached hydrogens (tertiary/aromatic N) is 1. The number of aryl methyl sites for hydroxylation is 1. The number of likely N-dealkylation sites (tertiary alicyclic amines) is 1. The first-order valence-corrected chi connectivity index (χ1v) is 11.8. The molecule has 8 nitrogen and oxygen atoms in total. The number of rotatable bonds is 10. The van der Waals surface area contributed by atoms with Gasteiger partial charge in [-0.1, -0.05) is 67.9 Å². The molecule has 0 aromatic heterocycles. The summed E-state index contributed by atoms with van der Waals surface area (Å²) >= 11 is 0.